The number of para-hydroxylation sites is 1. The zero-order chi connectivity index (χ0) is 26.7. The summed E-state index contributed by atoms with van der Waals surface area (Å²) >= 11 is 0. The third-order valence-corrected chi connectivity index (χ3v) is 7.94. The predicted molar refractivity (Wildman–Crippen MR) is 148 cm³/mol. The maximum atomic E-state index is 13.1. The van der Waals surface area contributed by atoms with Crippen molar-refractivity contribution in [2.45, 2.75) is 63.8 Å². The van der Waals surface area contributed by atoms with Gasteiger partial charge in [0.1, 0.15) is 17.2 Å². The highest BCUT2D eigenvalue weighted by atomic mass is 16.5. The Kier molecular flexibility index (Phi) is 10.1. The summed E-state index contributed by atoms with van der Waals surface area (Å²) in [6.07, 6.45) is 10.1. The summed E-state index contributed by atoms with van der Waals surface area (Å²) in [6.45, 7) is 1.30. The standard InChI is InChI=1S/C31H37N3O4/c1-34(26-8-4-2-5-9-26)31(35)15-13-29(23-16-18-37-19-17-23)25(22-32)20-24-21-28(12-14-30(24)33-36)38-27-10-6-3-7-11-27/h3,6-7,10-12,14,20-21,23,26,29H,2,4-5,8-9,13,15-19H2,1H3. The van der Waals surface area contributed by atoms with E-state index in [0.717, 1.165) is 25.7 Å². The number of carbonyl (C=O) groups excluding carboxylic acids is 1. The first-order chi connectivity index (χ1) is 18.6. The van der Waals surface area contributed by atoms with E-state index in [9.17, 15) is 15.0 Å². The number of amides is 1. The van der Waals surface area contributed by atoms with Gasteiger partial charge >= 0.3 is 0 Å². The van der Waals surface area contributed by atoms with Gasteiger partial charge in [-0.3, -0.25) is 4.79 Å². The molecule has 4 rings (SSSR count). The van der Waals surface area contributed by atoms with Crippen molar-refractivity contribution in [1.82, 2.24) is 4.90 Å². The largest absolute Gasteiger partial charge is 0.457 e. The van der Waals surface area contributed by atoms with Gasteiger partial charge in [-0.05, 0) is 85.5 Å². The predicted octanol–water partition coefficient (Wildman–Crippen LogP) is 7.40. The number of hydrogen-bond acceptors (Lipinski definition) is 6. The molecule has 1 saturated heterocycles. The van der Waals surface area contributed by atoms with Crippen LogP contribution in [-0.4, -0.2) is 37.1 Å². The zero-order valence-electron chi connectivity index (χ0n) is 22.2. The highest BCUT2D eigenvalue weighted by molar-refractivity contribution is 5.76. The molecule has 0 N–H and O–H groups in total. The molecule has 2 aliphatic rings. The van der Waals surface area contributed by atoms with Gasteiger partial charge in [0.05, 0.1) is 6.07 Å². The van der Waals surface area contributed by atoms with E-state index in [4.69, 9.17) is 9.47 Å². The summed E-state index contributed by atoms with van der Waals surface area (Å²) in [7, 11) is 1.92. The van der Waals surface area contributed by atoms with Crippen molar-refractivity contribution in [3.63, 3.8) is 0 Å². The molecule has 7 nitrogen and oxygen atoms in total. The molecule has 1 unspecified atom stereocenters. The fraction of sp³-hybridized carbons (Fsp3) is 0.484. The molecule has 2 aromatic rings. The number of nitroso groups, excluding NO2 is 1. The maximum absolute atomic E-state index is 13.1. The van der Waals surface area contributed by atoms with Crippen molar-refractivity contribution >= 4 is 17.7 Å². The number of nitrogens with zero attached hydrogens (tertiary/aromatic N) is 3. The fourth-order valence-corrected chi connectivity index (χ4v) is 5.70. The van der Waals surface area contributed by atoms with E-state index in [2.05, 4.69) is 11.2 Å². The fourth-order valence-electron chi connectivity index (χ4n) is 5.70. The number of carbonyl (C=O) groups is 1. The van der Waals surface area contributed by atoms with E-state index < -0.39 is 0 Å². The van der Waals surface area contributed by atoms with Gasteiger partial charge in [0, 0.05) is 43.9 Å². The van der Waals surface area contributed by atoms with Crippen molar-refractivity contribution in [3.8, 4) is 17.6 Å². The van der Waals surface area contributed by atoms with E-state index in [1.165, 1.54) is 19.3 Å². The lowest BCUT2D eigenvalue weighted by Crippen LogP contribution is -2.38. The van der Waals surface area contributed by atoms with Gasteiger partial charge in [0.25, 0.3) is 0 Å². The molecule has 0 aromatic heterocycles. The van der Waals surface area contributed by atoms with Gasteiger partial charge in [-0.15, -0.1) is 4.91 Å². The van der Waals surface area contributed by atoms with Gasteiger partial charge in [-0.1, -0.05) is 37.5 Å². The zero-order valence-corrected chi connectivity index (χ0v) is 22.2. The second kappa shape index (κ2) is 13.9. The van der Waals surface area contributed by atoms with Crippen LogP contribution in [-0.2, 0) is 9.53 Å². The van der Waals surface area contributed by atoms with Crippen LogP contribution >= 0.6 is 0 Å². The molecule has 1 amide bonds. The highest BCUT2D eigenvalue weighted by Gasteiger charge is 2.29. The van der Waals surface area contributed by atoms with Gasteiger partial charge in [0.15, 0.2) is 0 Å². The van der Waals surface area contributed by atoms with Crippen molar-refractivity contribution in [1.29, 1.82) is 5.26 Å². The molecule has 1 atom stereocenters. The SMILES string of the molecule is CN(C(=O)CCC(C(C#N)=Cc1cc(Oc2ccccc2)ccc1N=O)C1CCOCC1)C1CCCCC1. The highest BCUT2D eigenvalue weighted by Crippen LogP contribution is 2.36. The lowest BCUT2D eigenvalue weighted by Gasteiger charge is -2.33. The summed E-state index contributed by atoms with van der Waals surface area (Å²) in [5, 5.41) is 13.4. The molecular formula is C31H37N3O4. The van der Waals surface area contributed by atoms with Gasteiger partial charge in [-0.25, -0.2) is 0 Å². The Labute approximate surface area is 225 Å². The van der Waals surface area contributed by atoms with Crippen LogP contribution in [0.5, 0.6) is 11.5 Å². The van der Waals surface area contributed by atoms with Crippen LogP contribution in [0.1, 0.15) is 63.4 Å². The van der Waals surface area contributed by atoms with E-state index in [0.29, 0.717) is 54.7 Å². The topological polar surface area (TPSA) is 92.0 Å². The third kappa shape index (κ3) is 7.29. The normalized spacial score (nSPS) is 17.8. The molecule has 0 bridgehead atoms. The van der Waals surface area contributed by atoms with Crippen LogP contribution < -0.4 is 4.74 Å². The molecule has 1 saturated carbocycles. The summed E-state index contributed by atoms with van der Waals surface area (Å²) < 4.78 is 11.5. The molecule has 1 aliphatic heterocycles. The number of ether oxygens (including phenoxy) is 2. The molecule has 200 valence electrons. The number of hydrogen-bond donors (Lipinski definition) is 0. The molecule has 1 heterocycles. The van der Waals surface area contributed by atoms with Crippen LogP contribution in [0.3, 0.4) is 0 Å². The van der Waals surface area contributed by atoms with Crippen LogP contribution in [0.4, 0.5) is 5.69 Å². The van der Waals surface area contributed by atoms with Gasteiger partial charge in [0.2, 0.25) is 5.91 Å². The number of benzene rings is 2. The molecule has 2 fully saturated rings. The Bertz CT molecular complexity index is 1150. The smallest absolute Gasteiger partial charge is 0.222 e. The number of allylic oxidation sites excluding steroid dienone is 1. The van der Waals surface area contributed by atoms with Crippen molar-refractivity contribution in [2.75, 3.05) is 20.3 Å². The lowest BCUT2D eigenvalue weighted by atomic mass is 9.78. The third-order valence-electron chi connectivity index (χ3n) is 7.94. The summed E-state index contributed by atoms with van der Waals surface area (Å²) in [5.74, 6) is 1.50. The first-order valence-corrected chi connectivity index (χ1v) is 13.7. The summed E-state index contributed by atoms with van der Waals surface area (Å²) in [5.41, 5.74) is 1.34. The Balaban J connectivity index is 1.56. The van der Waals surface area contributed by atoms with Crippen molar-refractivity contribution in [2.24, 2.45) is 17.0 Å². The minimum atomic E-state index is -0.106. The maximum Gasteiger partial charge on any atom is 0.222 e. The summed E-state index contributed by atoms with van der Waals surface area (Å²) in [6, 6.07) is 17.1. The van der Waals surface area contributed by atoms with E-state index in [-0.39, 0.29) is 23.4 Å². The molecular weight excluding hydrogens is 478 g/mol. The first kappa shape index (κ1) is 27.5. The quantitative estimate of drug-likeness (QED) is 0.243. The average Bonchev–Trinajstić information content (AvgIpc) is 2.97. The van der Waals surface area contributed by atoms with Crippen LogP contribution in [0.15, 0.2) is 59.3 Å². The monoisotopic (exact) mass is 515 g/mol. The number of nitriles is 1. The van der Waals surface area contributed by atoms with Crippen LogP contribution in [0.2, 0.25) is 0 Å². The second-order valence-electron chi connectivity index (χ2n) is 10.3. The Hall–Kier alpha value is -3.50. The van der Waals surface area contributed by atoms with Crippen molar-refractivity contribution in [3.05, 3.63) is 64.6 Å². The Morgan fingerprint density at radius 2 is 1.84 bits per heavy atom. The second-order valence-corrected chi connectivity index (χ2v) is 10.3. The van der Waals surface area contributed by atoms with Gasteiger partial charge < -0.3 is 14.4 Å². The minimum absolute atomic E-state index is 0.106. The van der Waals surface area contributed by atoms with Crippen LogP contribution in [0, 0.1) is 28.1 Å². The number of rotatable bonds is 10. The average molecular weight is 516 g/mol. The Morgan fingerprint density at radius 3 is 2.53 bits per heavy atom. The van der Waals surface area contributed by atoms with E-state index >= 15 is 0 Å². The van der Waals surface area contributed by atoms with E-state index in [1.54, 1.807) is 24.3 Å². The van der Waals surface area contributed by atoms with Gasteiger partial charge in [-0.2, -0.15) is 5.26 Å². The molecule has 0 spiro atoms. The molecule has 2 aromatic carbocycles. The molecule has 7 heteroatoms. The van der Waals surface area contributed by atoms with Crippen molar-refractivity contribution < 1.29 is 14.3 Å². The van der Waals surface area contributed by atoms with Crippen LogP contribution in [0.25, 0.3) is 6.08 Å². The molecule has 0 radical (unpaired) electrons. The lowest BCUT2D eigenvalue weighted by molar-refractivity contribution is -0.132. The Morgan fingerprint density at radius 1 is 1.11 bits per heavy atom. The summed E-state index contributed by atoms with van der Waals surface area (Å²) in [4.78, 5) is 26.7. The first-order valence-electron chi connectivity index (χ1n) is 13.7. The minimum Gasteiger partial charge on any atom is -0.457 e. The van der Waals surface area contributed by atoms with E-state index in [1.807, 2.05) is 42.3 Å². The molecule has 1 aliphatic carbocycles. The molecule has 38 heavy (non-hydrogen) atoms.